The van der Waals surface area contributed by atoms with Gasteiger partial charge in [-0.25, -0.2) is 4.79 Å². The second-order valence-corrected chi connectivity index (χ2v) is 3.76. The van der Waals surface area contributed by atoms with E-state index in [2.05, 4.69) is 5.92 Å². The van der Waals surface area contributed by atoms with Gasteiger partial charge < -0.3 is 4.74 Å². The summed E-state index contributed by atoms with van der Waals surface area (Å²) >= 11 is 0. The molecular formula is C16H12O2. The van der Waals surface area contributed by atoms with Crippen LogP contribution in [0.1, 0.15) is 15.9 Å². The first-order valence-electron chi connectivity index (χ1n) is 5.50. The second kappa shape index (κ2) is 5.20. The normalized spacial score (nSPS) is 9.56. The number of carbonyl (C=O) groups is 1. The summed E-state index contributed by atoms with van der Waals surface area (Å²) in [7, 11) is 1.37. The molecule has 0 N–H and O–H groups in total. The predicted octanol–water partition coefficient (Wildman–Crippen LogP) is 3.12. The van der Waals surface area contributed by atoms with Crippen LogP contribution in [-0.2, 0) is 4.74 Å². The summed E-state index contributed by atoms with van der Waals surface area (Å²) in [5.74, 6) is 2.29. The Balaban J connectivity index is 2.52. The van der Waals surface area contributed by atoms with Crippen molar-refractivity contribution >= 4 is 5.97 Å². The monoisotopic (exact) mass is 236 g/mol. The highest BCUT2D eigenvalue weighted by atomic mass is 16.5. The molecule has 18 heavy (non-hydrogen) atoms. The molecule has 0 bridgehead atoms. The van der Waals surface area contributed by atoms with Gasteiger partial charge in [0.2, 0.25) is 0 Å². The quantitative estimate of drug-likeness (QED) is 0.591. The number of esters is 1. The van der Waals surface area contributed by atoms with E-state index in [1.807, 2.05) is 36.4 Å². The summed E-state index contributed by atoms with van der Waals surface area (Å²) in [5.41, 5.74) is 3.17. The predicted molar refractivity (Wildman–Crippen MR) is 71.2 cm³/mol. The van der Waals surface area contributed by atoms with E-state index in [-0.39, 0.29) is 5.97 Å². The van der Waals surface area contributed by atoms with Gasteiger partial charge in [-0.15, -0.1) is 6.42 Å². The Morgan fingerprint density at radius 2 is 1.94 bits per heavy atom. The summed E-state index contributed by atoms with van der Waals surface area (Å²) in [4.78, 5) is 11.5. The number of carbonyl (C=O) groups excluding carboxylic acids is 1. The van der Waals surface area contributed by atoms with Crippen LogP contribution in [0.4, 0.5) is 0 Å². The SMILES string of the molecule is C#Cc1ccccc1-c1cccc(C(=O)OC)c1. The van der Waals surface area contributed by atoms with Crippen molar-refractivity contribution in [3.63, 3.8) is 0 Å². The van der Waals surface area contributed by atoms with Gasteiger partial charge in [0.1, 0.15) is 0 Å². The average Bonchev–Trinajstić information content (AvgIpc) is 2.46. The fourth-order valence-corrected chi connectivity index (χ4v) is 1.79. The average molecular weight is 236 g/mol. The molecule has 0 saturated carbocycles. The zero-order valence-electron chi connectivity index (χ0n) is 10.0. The maximum atomic E-state index is 11.5. The topological polar surface area (TPSA) is 26.3 Å². The molecule has 0 atom stereocenters. The van der Waals surface area contributed by atoms with Crippen molar-refractivity contribution < 1.29 is 9.53 Å². The minimum Gasteiger partial charge on any atom is -0.465 e. The minimum absolute atomic E-state index is 0.352. The van der Waals surface area contributed by atoms with Crippen LogP contribution in [0.3, 0.4) is 0 Å². The summed E-state index contributed by atoms with van der Waals surface area (Å²) in [5, 5.41) is 0. The van der Waals surface area contributed by atoms with Gasteiger partial charge in [-0.3, -0.25) is 0 Å². The molecule has 0 radical (unpaired) electrons. The molecule has 0 aliphatic carbocycles. The summed E-state index contributed by atoms with van der Waals surface area (Å²) in [6, 6.07) is 14.9. The first-order valence-corrected chi connectivity index (χ1v) is 5.50. The van der Waals surface area contributed by atoms with Gasteiger partial charge >= 0.3 is 5.97 Å². The molecule has 0 spiro atoms. The molecule has 0 unspecified atom stereocenters. The Hall–Kier alpha value is -2.53. The van der Waals surface area contributed by atoms with Crippen LogP contribution in [0.15, 0.2) is 48.5 Å². The molecule has 2 aromatic rings. The Bertz CT molecular complexity index is 621. The lowest BCUT2D eigenvalue weighted by molar-refractivity contribution is 0.0601. The van der Waals surface area contributed by atoms with Crippen LogP contribution in [0.2, 0.25) is 0 Å². The zero-order valence-corrected chi connectivity index (χ0v) is 10.0. The van der Waals surface area contributed by atoms with Crippen molar-refractivity contribution in [2.24, 2.45) is 0 Å². The molecular weight excluding hydrogens is 224 g/mol. The van der Waals surface area contributed by atoms with Gasteiger partial charge in [-0.05, 0) is 29.3 Å². The van der Waals surface area contributed by atoms with E-state index >= 15 is 0 Å². The molecule has 0 aliphatic heterocycles. The molecule has 0 aliphatic rings. The fraction of sp³-hybridized carbons (Fsp3) is 0.0625. The van der Waals surface area contributed by atoms with Gasteiger partial charge in [-0.1, -0.05) is 36.3 Å². The Labute approximate surface area is 106 Å². The number of hydrogen-bond acceptors (Lipinski definition) is 2. The number of ether oxygens (including phenoxy) is 1. The van der Waals surface area contributed by atoms with Gasteiger partial charge in [0.25, 0.3) is 0 Å². The number of terminal acetylenes is 1. The van der Waals surface area contributed by atoms with E-state index < -0.39 is 0 Å². The van der Waals surface area contributed by atoms with Crippen LogP contribution >= 0.6 is 0 Å². The maximum absolute atomic E-state index is 11.5. The van der Waals surface area contributed by atoms with Crippen LogP contribution in [0.25, 0.3) is 11.1 Å². The fourth-order valence-electron chi connectivity index (χ4n) is 1.79. The lowest BCUT2D eigenvalue weighted by Gasteiger charge is -2.06. The lowest BCUT2D eigenvalue weighted by atomic mass is 9.98. The van der Waals surface area contributed by atoms with E-state index in [9.17, 15) is 4.79 Å². The smallest absolute Gasteiger partial charge is 0.337 e. The highest BCUT2D eigenvalue weighted by Gasteiger charge is 2.08. The molecule has 0 aromatic heterocycles. The molecule has 0 fully saturated rings. The third-order valence-corrected chi connectivity index (χ3v) is 2.68. The first-order chi connectivity index (χ1) is 8.76. The van der Waals surface area contributed by atoms with Crippen molar-refractivity contribution in [1.82, 2.24) is 0 Å². The van der Waals surface area contributed by atoms with Crippen LogP contribution in [-0.4, -0.2) is 13.1 Å². The van der Waals surface area contributed by atoms with Crippen molar-refractivity contribution in [3.8, 4) is 23.5 Å². The summed E-state index contributed by atoms with van der Waals surface area (Å²) in [6.07, 6.45) is 5.47. The number of hydrogen-bond donors (Lipinski definition) is 0. The van der Waals surface area contributed by atoms with Gasteiger partial charge in [-0.2, -0.15) is 0 Å². The summed E-state index contributed by atoms with van der Waals surface area (Å²) in [6.45, 7) is 0. The third-order valence-electron chi connectivity index (χ3n) is 2.68. The van der Waals surface area contributed by atoms with E-state index in [1.54, 1.807) is 12.1 Å². The van der Waals surface area contributed by atoms with Crippen molar-refractivity contribution in [1.29, 1.82) is 0 Å². The standard InChI is InChI=1S/C16H12O2/c1-3-12-7-4-5-10-15(12)13-8-6-9-14(11-13)16(17)18-2/h1,4-11H,2H3. The Morgan fingerprint density at radius 3 is 2.67 bits per heavy atom. The van der Waals surface area contributed by atoms with E-state index in [4.69, 9.17) is 11.2 Å². The van der Waals surface area contributed by atoms with Crippen LogP contribution < -0.4 is 0 Å². The van der Waals surface area contributed by atoms with Gasteiger partial charge in [0, 0.05) is 5.56 Å². The molecule has 2 rings (SSSR count). The Kier molecular flexibility index (Phi) is 3.45. The molecule has 2 heteroatoms. The minimum atomic E-state index is -0.352. The van der Waals surface area contributed by atoms with Crippen LogP contribution in [0.5, 0.6) is 0 Å². The van der Waals surface area contributed by atoms with Crippen molar-refractivity contribution in [2.75, 3.05) is 7.11 Å². The highest BCUT2D eigenvalue weighted by molar-refractivity contribution is 5.91. The number of rotatable bonds is 2. The first kappa shape index (κ1) is 11.9. The second-order valence-electron chi connectivity index (χ2n) is 3.76. The molecule has 2 nitrogen and oxygen atoms in total. The molecule has 0 amide bonds. The van der Waals surface area contributed by atoms with Crippen LogP contribution in [0, 0.1) is 12.3 Å². The maximum Gasteiger partial charge on any atom is 0.337 e. The summed E-state index contributed by atoms with van der Waals surface area (Å²) < 4.78 is 4.70. The van der Waals surface area contributed by atoms with Gasteiger partial charge in [0.05, 0.1) is 12.7 Å². The van der Waals surface area contributed by atoms with E-state index in [0.717, 1.165) is 16.7 Å². The lowest BCUT2D eigenvalue weighted by Crippen LogP contribution is -2.00. The van der Waals surface area contributed by atoms with Gasteiger partial charge in [0.15, 0.2) is 0 Å². The molecule has 2 aromatic carbocycles. The molecule has 0 heterocycles. The number of methoxy groups -OCH3 is 1. The van der Waals surface area contributed by atoms with E-state index in [1.165, 1.54) is 7.11 Å². The third kappa shape index (κ3) is 2.26. The number of benzene rings is 2. The van der Waals surface area contributed by atoms with E-state index in [0.29, 0.717) is 5.56 Å². The molecule has 0 saturated heterocycles. The van der Waals surface area contributed by atoms with Crippen molar-refractivity contribution in [3.05, 3.63) is 59.7 Å². The molecule has 88 valence electrons. The zero-order chi connectivity index (χ0) is 13.0. The Morgan fingerprint density at radius 1 is 1.17 bits per heavy atom. The van der Waals surface area contributed by atoms with Crippen molar-refractivity contribution in [2.45, 2.75) is 0 Å². The highest BCUT2D eigenvalue weighted by Crippen LogP contribution is 2.24. The largest absolute Gasteiger partial charge is 0.465 e.